The first-order valence-corrected chi connectivity index (χ1v) is 8.32. The first-order valence-electron chi connectivity index (χ1n) is 8.32. The van der Waals surface area contributed by atoms with Crippen molar-refractivity contribution in [3.05, 3.63) is 24.4 Å². The van der Waals surface area contributed by atoms with Gasteiger partial charge in [0, 0.05) is 37.8 Å². The first-order chi connectivity index (χ1) is 11.2. The molecule has 0 radical (unpaired) electrons. The van der Waals surface area contributed by atoms with E-state index in [9.17, 15) is 4.79 Å². The number of carbonyl (C=O) groups excluding carboxylic acids is 1. The van der Waals surface area contributed by atoms with Gasteiger partial charge in [-0.25, -0.2) is 4.98 Å². The van der Waals surface area contributed by atoms with Crippen LogP contribution in [-0.4, -0.2) is 47.0 Å². The predicted molar refractivity (Wildman–Crippen MR) is 88.3 cm³/mol. The molecule has 0 saturated carbocycles. The molecule has 1 atom stereocenters. The standard InChI is InChI=1S/C17H24N4O2/c1-23-15-6-9-18-17(20-15)19-14-7-10-21(11-8-14)16(22)12-13-4-2-3-5-13/h2,4,6,9,13-14H,3,5,7-8,10-12H2,1H3,(H,18,19,20). The molecule has 1 aliphatic heterocycles. The number of allylic oxidation sites excluding steroid dienone is 2. The molecule has 124 valence electrons. The molecule has 1 aliphatic carbocycles. The van der Waals surface area contributed by atoms with Crippen molar-refractivity contribution < 1.29 is 9.53 Å². The first kappa shape index (κ1) is 15.8. The molecule has 1 aromatic rings. The average molecular weight is 316 g/mol. The second-order valence-corrected chi connectivity index (χ2v) is 6.19. The average Bonchev–Trinajstić information content (AvgIpc) is 3.08. The molecular formula is C17H24N4O2. The number of hydrogen-bond acceptors (Lipinski definition) is 5. The summed E-state index contributed by atoms with van der Waals surface area (Å²) >= 11 is 0. The van der Waals surface area contributed by atoms with Crippen LogP contribution in [-0.2, 0) is 4.79 Å². The highest BCUT2D eigenvalue weighted by Gasteiger charge is 2.25. The van der Waals surface area contributed by atoms with Crippen molar-refractivity contribution in [2.75, 3.05) is 25.5 Å². The molecule has 0 spiro atoms. The highest BCUT2D eigenvalue weighted by Crippen LogP contribution is 2.23. The number of amides is 1. The zero-order chi connectivity index (χ0) is 16.1. The summed E-state index contributed by atoms with van der Waals surface area (Å²) in [5, 5.41) is 3.34. The summed E-state index contributed by atoms with van der Waals surface area (Å²) in [6, 6.07) is 2.03. The molecule has 1 amide bonds. The van der Waals surface area contributed by atoms with Gasteiger partial charge in [0.05, 0.1) is 7.11 Å². The zero-order valence-corrected chi connectivity index (χ0v) is 13.6. The van der Waals surface area contributed by atoms with E-state index >= 15 is 0 Å². The van der Waals surface area contributed by atoms with Gasteiger partial charge in [-0.05, 0) is 31.6 Å². The van der Waals surface area contributed by atoms with E-state index in [4.69, 9.17) is 4.74 Å². The van der Waals surface area contributed by atoms with Gasteiger partial charge in [0.15, 0.2) is 0 Å². The number of methoxy groups -OCH3 is 1. The Labute approximate surface area is 136 Å². The van der Waals surface area contributed by atoms with E-state index in [2.05, 4.69) is 27.4 Å². The molecule has 1 N–H and O–H groups in total. The van der Waals surface area contributed by atoms with Gasteiger partial charge < -0.3 is 15.0 Å². The number of carbonyl (C=O) groups is 1. The lowest BCUT2D eigenvalue weighted by Gasteiger charge is -2.33. The number of hydrogen-bond donors (Lipinski definition) is 1. The van der Waals surface area contributed by atoms with Crippen LogP contribution in [0.2, 0.25) is 0 Å². The largest absolute Gasteiger partial charge is 0.481 e. The van der Waals surface area contributed by atoms with Crippen LogP contribution in [0.5, 0.6) is 5.88 Å². The summed E-state index contributed by atoms with van der Waals surface area (Å²) in [7, 11) is 1.59. The fourth-order valence-electron chi connectivity index (χ4n) is 3.20. The van der Waals surface area contributed by atoms with Gasteiger partial charge in [0.1, 0.15) is 0 Å². The Bertz CT molecular complexity index is 567. The summed E-state index contributed by atoms with van der Waals surface area (Å²) in [6.45, 7) is 1.60. The van der Waals surface area contributed by atoms with Crippen molar-refractivity contribution in [1.82, 2.24) is 14.9 Å². The Hall–Kier alpha value is -2.11. The van der Waals surface area contributed by atoms with Crippen molar-refractivity contribution >= 4 is 11.9 Å². The molecule has 0 bridgehead atoms. The highest BCUT2D eigenvalue weighted by atomic mass is 16.5. The molecule has 6 nitrogen and oxygen atoms in total. The lowest BCUT2D eigenvalue weighted by molar-refractivity contribution is -0.132. The molecule has 1 unspecified atom stereocenters. The van der Waals surface area contributed by atoms with Crippen LogP contribution in [0.15, 0.2) is 24.4 Å². The van der Waals surface area contributed by atoms with Crippen molar-refractivity contribution in [2.24, 2.45) is 5.92 Å². The summed E-state index contributed by atoms with van der Waals surface area (Å²) in [4.78, 5) is 22.8. The minimum Gasteiger partial charge on any atom is -0.481 e. The number of nitrogens with one attached hydrogen (secondary N) is 1. The molecule has 2 aliphatic rings. The fraction of sp³-hybridized carbons (Fsp3) is 0.588. The van der Waals surface area contributed by atoms with Gasteiger partial charge in [-0.15, -0.1) is 0 Å². The van der Waals surface area contributed by atoms with Crippen LogP contribution < -0.4 is 10.1 Å². The highest BCUT2D eigenvalue weighted by molar-refractivity contribution is 5.76. The van der Waals surface area contributed by atoms with Crippen LogP contribution in [0.1, 0.15) is 32.1 Å². The number of rotatable bonds is 5. The fourth-order valence-corrected chi connectivity index (χ4v) is 3.20. The maximum absolute atomic E-state index is 12.3. The Morgan fingerprint density at radius 1 is 1.39 bits per heavy atom. The Morgan fingerprint density at radius 3 is 2.91 bits per heavy atom. The molecule has 1 saturated heterocycles. The number of anilines is 1. The van der Waals surface area contributed by atoms with Crippen LogP contribution >= 0.6 is 0 Å². The molecule has 6 heteroatoms. The molecule has 3 rings (SSSR count). The van der Waals surface area contributed by atoms with E-state index in [1.165, 1.54) is 0 Å². The lowest BCUT2D eigenvalue weighted by Crippen LogP contribution is -2.43. The van der Waals surface area contributed by atoms with E-state index in [1.807, 2.05) is 4.90 Å². The Morgan fingerprint density at radius 2 is 2.22 bits per heavy atom. The number of ether oxygens (including phenoxy) is 1. The van der Waals surface area contributed by atoms with Crippen LogP contribution in [0.4, 0.5) is 5.95 Å². The summed E-state index contributed by atoms with van der Waals surface area (Å²) < 4.78 is 5.11. The van der Waals surface area contributed by atoms with E-state index in [1.54, 1.807) is 19.4 Å². The number of nitrogens with zero attached hydrogens (tertiary/aromatic N) is 3. The maximum atomic E-state index is 12.3. The smallest absolute Gasteiger partial charge is 0.226 e. The normalized spacial score (nSPS) is 21.4. The molecular weight excluding hydrogens is 292 g/mol. The third kappa shape index (κ3) is 4.21. The number of aromatic nitrogens is 2. The van der Waals surface area contributed by atoms with Gasteiger partial charge in [-0.3, -0.25) is 4.79 Å². The zero-order valence-electron chi connectivity index (χ0n) is 13.6. The molecule has 2 heterocycles. The number of piperidine rings is 1. The molecule has 23 heavy (non-hydrogen) atoms. The van der Waals surface area contributed by atoms with E-state index in [0.29, 0.717) is 30.2 Å². The monoisotopic (exact) mass is 316 g/mol. The van der Waals surface area contributed by atoms with Crippen LogP contribution in [0.3, 0.4) is 0 Å². The van der Waals surface area contributed by atoms with Gasteiger partial charge in [-0.1, -0.05) is 12.2 Å². The number of likely N-dealkylation sites (tertiary alicyclic amines) is 1. The quantitative estimate of drug-likeness (QED) is 0.844. The second kappa shape index (κ2) is 7.44. The van der Waals surface area contributed by atoms with E-state index < -0.39 is 0 Å². The van der Waals surface area contributed by atoms with Crippen molar-refractivity contribution in [2.45, 2.75) is 38.1 Å². The summed E-state index contributed by atoms with van der Waals surface area (Å²) in [6.07, 6.45) is 10.8. The lowest BCUT2D eigenvalue weighted by atomic mass is 10.0. The minimum absolute atomic E-state index is 0.289. The SMILES string of the molecule is COc1ccnc(NC2CCN(C(=O)CC3C=CCC3)CC2)n1. The van der Waals surface area contributed by atoms with Crippen molar-refractivity contribution in [3.63, 3.8) is 0 Å². The van der Waals surface area contributed by atoms with Crippen LogP contribution in [0, 0.1) is 5.92 Å². The third-order valence-corrected chi connectivity index (χ3v) is 4.57. The van der Waals surface area contributed by atoms with Gasteiger partial charge >= 0.3 is 0 Å². The second-order valence-electron chi connectivity index (χ2n) is 6.19. The Kier molecular flexibility index (Phi) is 5.10. The Balaban J connectivity index is 1.46. The van der Waals surface area contributed by atoms with Gasteiger partial charge in [0.25, 0.3) is 0 Å². The van der Waals surface area contributed by atoms with Crippen molar-refractivity contribution in [1.29, 1.82) is 0 Å². The van der Waals surface area contributed by atoms with Gasteiger partial charge in [-0.2, -0.15) is 4.98 Å². The summed E-state index contributed by atoms with van der Waals surface area (Å²) in [5.74, 6) is 1.88. The maximum Gasteiger partial charge on any atom is 0.226 e. The molecule has 0 aromatic carbocycles. The van der Waals surface area contributed by atoms with E-state index in [0.717, 1.165) is 38.8 Å². The topological polar surface area (TPSA) is 67.3 Å². The van der Waals surface area contributed by atoms with Crippen molar-refractivity contribution in [3.8, 4) is 5.88 Å². The van der Waals surface area contributed by atoms with Gasteiger partial charge in [0.2, 0.25) is 17.7 Å². The molecule has 1 aromatic heterocycles. The molecule has 1 fully saturated rings. The summed E-state index contributed by atoms with van der Waals surface area (Å²) in [5.41, 5.74) is 0. The third-order valence-electron chi connectivity index (χ3n) is 4.57. The van der Waals surface area contributed by atoms with Crippen LogP contribution in [0.25, 0.3) is 0 Å². The predicted octanol–water partition coefficient (Wildman–Crippen LogP) is 2.24. The minimum atomic E-state index is 0.289. The van der Waals surface area contributed by atoms with E-state index in [-0.39, 0.29) is 5.91 Å².